The maximum absolute atomic E-state index is 13.7. The molecule has 1 aliphatic carbocycles. The number of carbonyl (C=O) groups is 2. The van der Waals surface area contributed by atoms with Crippen LogP contribution < -0.4 is 10.2 Å². The summed E-state index contributed by atoms with van der Waals surface area (Å²) in [5.74, 6) is -0.794. The highest BCUT2D eigenvalue weighted by Gasteiger charge is 2.39. The Morgan fingerprint density at radius 3 is 2.19 bits per heavy atom. The molecule has 1 aliphatic rings. The van der Waals surface area contributed by atoms with Gasteiger partial charge in [0.25, 0.3) is 0 Å². The summed E-state index contributed by atoms with van der Waals surface area (Å²) >= 11 is 0. The van der Waals surface area contributed by atoms with E-state index < -0.39 is 11.4 Å². The number of hydrogen-bond donors (Lipinski definition) is 2. The lowest BCUT2D eigenvalue weighted by atomic mass is 9.69. The van der Waals surface area contributed by atoms with Gasteiger partial charge in [0, 0.05) is 25.5 Å². The van der Waals surface area contributed by atoms with Gasteiger partial charge in [-0.1, -0.05) is 79.9 Å². The van der Waals surface area contributed by atoms with Crippen LogP contribution in [0.5, 0.6) is 0 Å². The lowest BCUT2D eigenvalue weighted by molar-refractivity contribution is -0.136. The molecule has 0 aliphatic heterocycles. The molecule has 0 aromatic heterocycles. The van der Waals surface area contributed by atoms with E-state index in [4.69, 9.17) is 5.11 Å². The lowest BCUT2D eigenvalue weighted by Gasteiger charge is -2.36. The number of benzene rings is 3. The van der Waals surface area contributed by atoms with Crippen LogP contribution in [-0.4, -0.2) is 31.1 Å². The van der Waals surface area contributed by atoms with Crippen molar-refractivity contribution >= 4 is 29.3 Å². The minimum Gasteiger partial charge on any atom is -0.481 e. The standard InChI is InChI=1S/C32H36N2O3/c1-34(2)29-18-16-27(17-19-29)26-14-12-25(13-15-26)23-32(20-4-3-5-21-32)31(37)33-28-10-6-8-24(22-28)9-7-11-30(35)36/h6-10,12-19,22H,3-5,11,20-21,23H2,1-2H3,(H,33,37)(H,35,36)/b9-7+. The largest absolute Gasteiger partial charge is 0.481 e. The van der Waals surface area contributed by atoms with Crippen molar-refractivity contribution in [3.63, 3.8) is 0 Å². The van der Waals surface area contributed by atoms with Gasteiger partial charge in [0.05, 0.1) is 11.8 Å². The smallest absolute Gasteiger partial charge is 0.307 e. The minimum absolute atomic E-state index is 0.0279. The zero-order valence-corrected chi connectivity index (χ0v) is 21.7. The van der Waals surface area contributed by atoms with E-state index in [1.54, 1.807) is 12.2 Å². The summed E-state index contributed by atoms with van der Waals surface area (Å²) in [6.45, 7) is 0. The van der Waals surface area contributed by atoms with Gasteiger partial charge < -0.3 is 15.3 Å². The molecule has 0 heterocycles. The summed E-state index contributed by atoms with van der Waals surface area (Å²) in [5.41, 5.74) is 5.88. The lowest BCUT2D eigenvalue weighted by Crippen LogP contribution is -2.40. The van der Waals surface area contributed by atoms with Crippen LogP contribution in [0.15, 0.2) is 78.9 Å². The average Bonchev–Trinajstić information content (AvgIpc) is 2.90. The molecule has 2 N–H and O–H groups in total. The van der Waals surface area contributed by atoms with E-state index in [2.05, 4.69) is 58.7 Å². The molecule has 3 aromatic carbocycles. The van der Waals surface area contributed by atoms with Crippen molar-refractivity contribution < 1.29 is 14.7 Å². The van der Waals surface area contributed by atoms with Gasteiger partial charge in [-0.15, -0.1) is 0 Å². The maximum atomic E-state index is 13.7. The number of amides is 1. The van der Waals surface area contributed by atoms with Crippen molar-refractivity contribution in [3.05, 3.63) is 90.0 Å². The normalized spacial score (nSPS) is 14.9. The first-order chi connectivity index (χ1) is 17.8. The zero-order valence-electron chi connectivity index (χ0n) is 21.7. The SMILES string of the molecule is CN(C)c1ccc(-c2ccc(CC3(C(=O)Nc4cccc(/C=C/CC(=O)O)c4)CCCCC3)cc2)cc1. The first kappa shape index (κ1) is 26.2. The number of anilines is 2. The summed E-state index contributed by atoms with van der Waals surface area (Å²) in [7, 11) is 4.08. The van der Waals surface area contributed by atoms with E-state index in [1.807, 2.05) is 38.4 Å². The number of carbonyl (C=O) groups excluding carboxylic acids is 1. The van der Waals surface area contributed by atoms with Crippen molar-refractivity contribution in [2.24, 2.45) is 5.41 Å². The molecule has 0 bridgehead atoms. The van der Waals surface area contributed by atoms with E-state index in [-0.39, 0.29) is 12.3 Å². The molecule has 192 valence electrons. The van der Waals surface area contributed by atoms with E-state index in [0.717, 1.165) is 43.4 Å². The van der Waals surface area contributed by atoms with Crippen LogP contribution in [0.3, 0.4) is 0 Å². The fourth-order valence-corrected chi connectivity index (χ4v) is 5.15. The van der Waals surface area contributed by atoms with Crippen LogP contribution in [0.25, 0.3) is 17.2 Å². The van der Waals surface area contributed by atoms with E-state index >= 15 is 0 Å². The fraction of sp³-hybridized carbons (Fsp3) is 0.312. The Morgan fingerprint density at radius 1 is 0.919 bits per heavy atom. The van der Waals surface area contributed by atoms with Crippen LogP contribution in [0.2, 0.25) is 0 Å². The van der Waals surface area contributed by atoms with Gasteiger partial charge in [-0.05, 0) is 65.8 Å². The van der Waals surface area contributed by atoms with Gasteiger partial charge in [-0.2, -0.15) is 0 Å². The molecule has 5 nitrogen and oxygen atoms in total. The predicted octanol–water partition coefficient (Wildman–Crippen LogP) is 7.04. The third kappa shape index (κ3) is 6.88. The Kier molecular flexibility index (Phi) is 8.44. The molecular formula is C32H36N2O3. The fourth-order valence-electron chi connectivity index (χ4n) is 5.15. The third-order valence-corrected chi connectivity index (χ3v) is 7.25. The zero-order chi connectivity index (χ0) is 26.3. The topological polar surface area (TPSA) is 69.6 Å². The predicted molar refractivity (Wildman–Crippen MR) is 152 cm³/mol. The minimum atomic E-state index is -0.866. The number of rotatable bonds is 9. The Morgan fingerprint density at radius 2 is 1.57 bits per heavy atom. The second-order valence-corrected chi connectivity index (χ2v) is 10.2. The molecule has 1 amide bonds. The van der Waals surface area contributed by atoms with Crippen molar-refractivity contribution in [3.8, 4) is 11.1 Å². The molecule has 1 fully saturated rings. The molecule has 0 saturated heterocycles. The molecule has 0 unspecified atom stereocenters. The van der Waals surface area contributed by atoms with E-state index in [9.17, 15) is 9.59 Å². The summed E-state index contributed by atoms with van der Waals surface area (Å²) in [6.07, 6.45) is 9.12. The van der Waals surface area contributed by atoms with Crippen molar-refractivity contribution in [1.29, 1.82) is 0 Å². The molecule has 3 aromatic rings. The molecule has 37 heavy (non-hydrogen) atoms. The van der Waals surface area contributed by atoms with Gasteiger partial charge in [0.2, 0.25) is 5.91 Å². The highest BCUT2D eigenvalue weighted by atomic mass is 16.4. The Bertz CT molecular complexity index is 1240. The highest BCUT2D eigenvalue weighted by Crippen LogP contribution is 2.40. The highest BCUT2D eigenvalue weighted by molar-refractivity contribution is 5.96. The summed E-state index contributed by atoms with van der Waals surface area (Å²) in [4.78, 5) is 26.5. The molecule has 0 atom stereocenters. The third-order valence-electron chi connectivity index (χ3n) is 7.25. The number of hydrogen-bond acceptors (Lipinski definition) is 3. The number of aliphatic carboxylic acids is 1. The monoisotopic (exact) mass is 496 g/mol. The summed E-state index contributed by atoms with van der Waals surface area (Å²) < 4.78 is 0. The first-order valence-electron chi connectivity index (χ1n) is 13.0. The van der Waals surface area contributed by atoms with Crippen LogP contribution >= 0.6 is 0 Å². The Balaban J connectivity index is 1.48. The molecule has 5 heteroatoms. The number of carboxylic acid groups (broad SMARTS) is 1. The van der Waals surface area contributed by atoms with E-state index in [1.165, 1.54) is 28.8 Å². The number of nitrogens with zero attached hydrogens (tertiary/aromatic N) is 1. The Labute approximate surface area is 219 Å². The average molecular weight is 497 g/mol. The molecule has 0 radical (unpaired) electrons. The number of carboxylic acids is 1. The first-order valence-corrected chi connectivity index (χ1v) is 13.0. The second kappa shape index (κ2) is 11.9. The van der Waals surface area contributed by atoms with Gasteiger partial charge >= 0.3 is 5.97 Å². The van der Waals surface area contributed by atoms with Crippen LogP contribution in [0, 0.1) is 5.41 Å². The van der Waals surface area contributed by atoms with Crippen LogP contribution in [0.4, 0.5) is 11.4 Å². The molecule has 4 rings (SSSR count). The van der Waals surface area contributed by atoms with Crippen LogP contribution in [0.1, 0.15) is 49.7 Å². The second-order valence-electron chi connectivity index (χ2n) is 10.2. The summed E-state index contributed by atoms with van der Waals surface area (Å²) in [6, 6.07) is 24.7. The van der Waals surface area contributed by atoms with Gasteiger partial charge in [0.1, 0.15) is 0 Å². The van der Waals surface area contributed by atoms with Crippen molar-refractivity contribution in [2.75, 3.05) is 24.3 Å². The number of nitrogens with one attached hydrogen (secondary N) is 1. The van der Waals surface area contributed by atoms with Crippen molar-refractivity contribution in [1.82, 2.24) is 0 Å². The quantitative estimate of drug-likeness (QED) is 0.333. The molecular weight excluding hydrogens is 460 g/mol. The van der Waals surface area contributed by atoms with Gasteiger partial charge in [0.15, 0.2) is 0 Å². The Hall–Kier alpha value is -3.86. The van der Waals surface area contributed by atoms with Crippen molar-refractivity contribution in [2.45, 2.75) is 44.9 Å². The van der Waals surface area contributed by atoms with Gasteiger partial charge in [-0.25, -0.2) is 0 Å². The maximum Gasteiger partial charge on any atom is 0.307 e. The van der Waals surface area contributed by atoms with Gasteiger partial charge in [-0.3, -0.25) is 9.59 Å². The summed E-state index contributed by atoms with van der Waals surface area (Å²) in [5, 5.41) is 12.0. The molecule has 0 spiro atoms. The van der Waals surface area contributed by atoms with Crippen LogP contribution in [-0.2, 0) is 16.0 Å². The molecule has 1 saturated carbocycles. The van der Waals surface area contributed by atoms with E-state index in [0.29, 0.717) is 0 Å².